The van der Waals surface area contributed by atoms with E-state index in [-0.39, 0.29) is 12.5 Å². The molecule has 3 aromatic rings. The molecule has 1 atom stereocenters. The molecule has 0 bridgehead atoms. The van der Waals surface area contributed by atoms with Gasteiger partial charge in [-0.1, -0.05) is 41.9 Å². The second-order valence-corrected chi connectivity index (χ2v) is 6.86. The quantitative estimate of drug-likeness (QED) is 0.637. The zero-order valence-corrected chi connectivity index (χ0v) is 16.5. The van der Waals surface area contributed by atoms with E-state index in [2.05, 4.69) is 10.3 Å². The van der Waals surface area contributed by atoms with Crippen LogP contribution in [0.1, 0.15) is 28.5 Å². The van der Waals surface area contributed by atoms with Crippen molar-refractivity contribution in [2.75, 3.05) is 6.61 Å². The Morgan fingerprint density at radius 3 is 2.61 bits per heavy atom. The first-order valence-electron chi connectivity index (χ1n) is 9.06. The minimum Gasteiger partial charge on any atom is -0.464 e. The molecule has 144 valence electrons. The number of hydrogen-bond acceptors (Lipinski definition) is 4. The van der Waals surface area contributed by atoms with Crippen molar-refractivity contribution in [3.05, 3.63) is 76.4 Å². The molecule has 0 aliphatic heterocycles. The first-order chi connectivity index (χ1) is 13.5. The third-order valence-corrected chi connectivity index (χ3v) is 4.61. The summed E-state index contributed by atoms with van der Waals surface area (Å²) in [5, 5.41) is 4.13. The lowest BCUT2D eigenvalue weighted by Crippen LogP contribution is -2.43. The summed E-state index contributed by atoms with van der Waals surface area (Å²) < 4.78 is 5.14. The Labute approximate surface area is 168 Å². The van der Waals surface area contributed by atoms with Crippen LogP contribution in [0.4, 0.5) is 0 Å². The number of pyridine rings is 1. The zero-order chi connectivity index (χ0) is 20.1. The molecule has 0 aliphatic rings. The summed E-state index contributed by atoms with van der Waals surface area (Å²) in [7, 11) is 0. The van der Waals surface area contributed by atoms with Crippen LogP contribution in [0.5, 0.6) is 0 Å². The Morgan fingerprint density at radius 1 is 1.14 bits per heavy atom. The van der Waals surface area contributed by atoms with Gasteiger partial charge in [0.05, 0.1) is 23.4 Å². The lowest BCUT2D eigenvalue weighted by molar-refractivity contribution is -0.145. The Bertz CT molecular complexity index is 1010. The predicted molar refractivity (Wildman–Crippen MR) is 110 cm³/mol. The predicted octanol–water partition coefficient (Wildman–Crippen LogP) is 4.10. The zero-order valence-electron chi connectivity index (χ0n) is 15.7. The fourth-order valence-electron chi connectivity index (χ4n) is 3.00. The molecule has 1 N–H and O–H groups in total. The summed E-state index contributed by atoms with van der Waals surface area (Å²) in [4.78, 5) is 29.8. The van der Waals surface area contributed by atoms with Gasteiger partial charge in [-0.15, -0.1) is 0 Å². The highest BCUT2D eigenvalue weighted by atomic mass is 35.5. The molecule has 1 unspecified atom stereocenters. The minimum absolute atomic E-state index is 0.245. The van der Waals surface area contributed by atoms with Gasteiger partial charge in [0.25, 0.3) is 5.91 Å². The van der Waals surface area contributed by atoms with Crippen LogP contribution in [0.3, 0.4) is 0 Å². The normalized spacial score (nSPS) is 11.8. The Balaban J connectivity index is 1.87. The van der Waals surface area contributed by atoms with Crippen molar-refractivity contribution in [3.8, 4) is 0 Å². The Morgan fingerprint density at radius 2 is 1.89 bits per heavy atom. The van der Waals surface area contributed by atoms with Crippen LogP contribution in [0.25, 0.3) is 10.9 Å². The number of aromatic nitrogens is 1. The molecule has 2 aromatic carbocycles. The van der Waals surface area contributed by atoms with E-state index in [4.69, 9.17) is 16.3 Å². The van der Waals surface area contributed by atoms with Gasteiger partial charge in [0, 0.05) is 16.8 Å². The molecule has 5 nitrogen and oxygen atoms in total. The SMILES string of the molecule is CCOC(=O)C(Cc1ccccc1)NC(=O)c1cc2cc(Cl)ccc2nc1C. The number of rotatable bonds is 6. The van der Waals surface area contributed by atoms with Gasteiger partial charge < -0.3 is 10.1 Å². The lowest BCUT2D eigenvalue weighted by Gasteiger charge is -2.18. The summed E-state index contributed by atoms with van der Waals surface area (Å²) in [6, 6.07) is 15.8. The number of carbonyl (C=O) groups excluding carboxylic acids is 2. The number of ether oxygens (including phenoxy) is 1. The summed E-state index contributed by atoms with van der Waals surface area (Å²) >= 11 is 6.05. The first-order valence-corrected chi connectivity index (χ1v) is 9.44. The second-order valence-electron chi connectivity index (χ2n) is 6.43. The summed E-state index contributed by atoms with van der Waals surface area (Å²) in [5.74, 6) is -0.838. The maximum absolute atomic E-state index is 12.9. The fraction of sp³-hybridized carbons (Fsp3) is 0.227. The molecule has 0 fully saturated rings. The highest BCUT2D eigenvalue weighted by Gasteiger charge is 2.24. The molecule has 0 aliphatic carbocycles. The molecule has 6 heteroatoms. The van der Waals surface area contributed by atoms with E-state index in [1.165, 1.54) is 0 Å². The average molecular weight is 397 g/mol. The molecule has 1 heterocycles. The number of carbonyl (C=O) groups is 2. The molecule has 0 spiro atoms. The highest BCUT2D eigenvalue weighted by molar-refractivity contribution is 6.31. The van der Waals surface area contributed by atoms with Gasteiger partial charge in [0.2, 0.25) is 0 Å². The third kappa shape index (κ3) is 4.67. The molecule has 1 amide bonds. The largest absolute Gasteiger partial charge is 0.464 e. The van der Waals surface area contributed by atoms with E-state index in [0.717, 1.165) is 16.5 Å². The van der Waals surface area contributed by atoms with Crippen molar-refractivity contribution < 1.29 is 14.3 Å². The van der Waals surface area contributed by atoms with Crippen LogP contribution in [-0.2, 0) is 16.0 Å². The maximum Gasteiger partial charge on any atom is 0.328 e. The molecule has 0 saturated carbocycles. The van der Waals surface area contributed by atoms with Gasteiger partial charge in [-0.25, -0.2) is 4.79 Å². The smallest absolute Gasteiger partial charge is 0.328 e. The number of fused-ring (bicyclic) bond motifs is 1. The van der Waals surface area contributed by atoms with Crippen LogP contribution < -0.4 is 5.32 Å². The summed E-state index contributed by atoms with van der Waals surface area (Å²) in [6.07, 6.45) is 0.345. The lowest BCUT2D eigenvalue weighted by atomic mass is 10.0. The molecular weight excluding hydrogens is 376 g/mol. The van der Waals surface area contributed by atoms with Crippen LogP contribution in [0.15, 0.2) is 54.6 Å². The third-order valence-electron chi connectivity index (χ3n) is 4.37. The van der Waals surface area contributed by atoms with Gasteiger partial charge in [-0.05, 0) is 43.7 Å². The molecule has 3 rings (SSSR count). The van der Waals surface area contributed by atoms with Gasteiger partial charge in [-0.2, -0.15) is 0 Å². The van der Waals surface area contributed by atoms with Crippen molar-refractivity contribution in [1.29, 1.82) is 0 Å². The van der Waals surface area contributed by atoms with Crippen LogP contribution in [0.2, 0.25) is 5.02 Å². The van der Waals surface area contributed by atoms with Gasteiger partial charge >= 0.3 is 5.97 Å². The summed E-state index contributed by atoms with van der Waals surface area (Å²) in [6.45, 7) is 3.75. The van der Waals surface area contributed by atoms with Gasteiger partial charge in [-0.3, -0.25) is 9.78 Å². The number of hydrogen-bond donors (Lipinski definition) is 1. The molecular formula is C22H21ClN2O3. The van der Waals surface area contributed by atoms with Crippen LogP contribution in [0, 0.1) is 6.92 Å². The van der Waals surface area contributed by atoms with Crippen molar-refractivity contribution in [1.82, 2.24) is 10.3 Å². The number of amides is 1. The van der Waals surface area contributed by atoms with Crippen LogP contribution >= 0.6 is 11.6 Å². The minimum atomic E-state index is -0.788. The average Bonchev–Trinajstić information content (AvgIpc) is 2.68. The monoisotopic (exact) mass is 396 g/mol. The van der Waals surface area contributed by atoms with E-state index in [1.54, 1.807) is 32.0 Å². The number of esters is 1. The van der Waals surface area contributed by atoms with E-state index < -0.39 is 12.0 Å². The molecule has 0 saturated heterocycles. The van der Waals surface area contributed by atoms with Crippen molar-refractivity contribution >= 4 is 34.4 Å². The molecule has 28 heavy (non-hydrogen) atoms. The topological polar surface area (TPSA) is 68.3 Å². The summed E-state index contributed by atoms with van der Waals surface area (Å²) in [5.41, 5.74) is 2.66. The van der Waals surface area contributed by atoms with E-state index in [1.807, 2.05) is 36.4 Å². The standard InChI is InChI=1S/C22H21ClN2O3/c1-3-28-22(27)20(11-15-7-5-4-6-8-15)25-21(26)18-13-16-12-17(23)9-10-19(16)24-14(18)2/h4-10,12-13,20H,3,11H2,1-2H3,(H,25,26). The number of nitrogens with one attached hydrogen (secondary N) is 1. The fourth-order valence-corrected chi connectivity index (χ4v) is 3.18. The Hall–Kier alpha value is -2.92. The first kappa shape index (κ1) is 19.8. The number of halogens is 1. The highest BCUT2D eigenvalue weighted by Crippen LogP contribution is 2.21. The van der Waals surface area contributed by atoms with Crippen molar-refractivity contribution in [2.45, 2.75) is 26.3 Å². The number of aryl methyl sites for hydroxylation is 1. The number of nitrogens with zero attached hydrogens (tertiary/aromatic N) is 1. The van der Waals surface area contributed by atoms with Gasteiger partial charge in [0.1, 0.15) is 6.04 Å². The van der Waals surface area contributed by atoms with Gasteiger partial charge in [0.15, 0.2) is 0 Å². The second kappa shape index (κ2) is 8.85. The van der Waals surface area contributed by atoms with E-state index in [9.17, 15) is 9.59 Å². The van der Waals surface area contributed by atoms with E-state index >= 15 is 0 Å². The molecule has 1 aromatic heterocycles. The number of benzene rings is 2. The maximum atomic E-state index is 12.9. The van der Waals surface area contributed by atoms with Crippen molar-refractivity contribution in [3.63, 3.8) is 0 Å². The van der Waals surface area contributed by atoms with Crippen LogP contribution in [-0.4, -0.2) is 29.5 Å². The van der Waals surface area contributed by atoms with Crippen molar-refractivity contribution in [2.24, 2.45) is 0 Å². The Kier molecular flexibility index (Phi) is 6.26. The van der Waals surface area contributed by atoms with E-state index in [0.29, 0.717) is 22.7 Å². The molecule has 0 radical (unpaired) electrons.